The number of anilines is 2. The summed E-state index contributed by atoms with van der Waals surface area (Å²) in [7, 11) is 0. The Bertz CT molecular complexity index is 1930. The predicted octanol–water partition coefficient (Wildman–Crippen LogP) is 7.92. The number of aryl methyl sites for hydroxylation is 1. The minimum absolute atomic E-state index is 0.0481. The number of nitrogens with one attached hydrogen (secondary N) is 2. The van der Waals surface area contributed by atoms with Gasteiger partial charge in [-0.25, -0.2) is 4.68 Å². The van der Waals surface area contributed by atoms with Crippen LogP contribution in [0.1, 0.15) is 62.0 Å². The summed E-state index contributed by atoms with van der Waals surface area (Å²) in [5.74, 6) is 0. The Morgan fingerprint density at radius 2 is 1.91 bits per heavy atom. The van der Waals surface area contributed by atoms with Crippen LogP contribution in [0.5, 0.6) is 0 Å². The van der Waals surface area contributed by atoms with Gasteiger partial charge in [0.25, 0.3) is 0 Å². The standard InChI is InChI=1S/C32H30ClF3N8/c1-18-8-11-38-24-7-5-6-21(26(18)24)29(25-16-44(43-42-25)31(9-10-31)32(34,35)36)41-20-12-22-27(40-17-30(2,3)4)19(14-37)15-39-28(22)23(33)13-20/h5-8,11-13,15-16,29,41H,9-10,17H2,1-4H3,(H,39,40). The molecule has 44 heavy (non-hydrogen) atoms. The van der Waals surface area contributed by atoms with E-state index in [1.807, 2.05) is 37.3 Å². The second kappa shape index (κ2) is 10.6. The van der Waals surface area contributed by atoms with Crippen molar-refractivity contribution in [2.24, 2.45) is 5.41 Å². The van der Waals surface area contributed by atoms with E-state index < -0.39 is 17.8 Å². The lowest BCUT2D eigenvalue weighted by molar-refractivity contribution is -0.182. The number of hydrogen-bond donors (Lipinski definition) is 2. The van der Waals surface area contributed by atoms with Crippen molar-refractivity contribution >= 4 is 44.8 Å². The van der Waals surface area contributed by atoms with Gasteiger partial charge in [0, 0.05) is 35.4 Å². The monoisotopic (exact) mass is 618 g/mol. The molecule has 5 aromatic rings. The average Bonchev–Trinajstić information content (AvgIpc) is 3.65. The zero-order valence-electron chi connectivity index (χ0n) is 24.6. The summed E-state index contributed by atoms with van der Waals surface area (Å²) < 4.78 is 42.9. The van der Waals surface area contributed by atoms with Crippen LogP contribution in [0.3, 0.4) is 0 Å². The second-order valence-electron chi connectivity index (χ2n) is 12.5. The normalized spacial score (nSPS) is 15.2. The molecule has 0 amide bonds. The molecular weight excluding hydrogens is 589 g/mol. The lowest BCUT2D eigenvalue weighted by atomic mass is 9.95. The minimum Gasteiger partial charge on any atom is -0.383 e. The van der Waals surface area contributed by atoms with Crippen LogP contribution in [-0.2, 0) is 5.54 Å². The molecule has 1 aliphatic rings. The van der Waals surface area contributed by atoms with Crippen LogP contribution in [0.15, 0.2) is 55.0 Å². The number of aromatic nitrogens is 5. The van der Waals surface area contributed by atoms with Crippen LogP contribution in [0.2, 0.25) is 5.02 Å². The molecule has 6 rings (SSSR count). The quantitative estimate of drug-likeness (QED) is 0.191. The Morgan fingerprint density at radius 1 is 1.14 bits per heavy atom. The predicted molar refractivity (Wildman–Crippen MR) is 165 cm³/mol. The number of rotatable bonds is 7. The van der Waals surface area contributed by atoms with Crippen LogP contribution in [0, 0.1) is 23.7 Å². The van der Waals surface area contributed by atoms with Crippen LogP contribution < -0.4 is 10.6 Å². The molecule has 1 saturated carbocycles. The third-order valence-corrected chi connectivity index (χ3v) is 8.25. The van der Waals surface area contributed by atoms with Crippen molar-refractivity contribution in [3.63, 3.8) is 0 Å². The number of benzene rings is 2. The fourth-order valence-corrected chi connectivity index (χ4v) is 5.74. The van der Waals surface area contributed by atoms with Crippen molar-refractivity contribution in [1.29, 1.82) is 5.26 Å². The molecule has 0 radical (unpaired) electrons. The number of nitriles is 1. The van der Waals surface area contributed by atoms with E-state index >= 15 is 0 Å². The SMILES string of the molecule is Cc1ccnc2cccc(C(Nc3cc(Cl)c4ncc(C#N)c(NCC(C)(C)C)c4c3)c3cn(C4(C(F)(F)F)CC4)nn3)c12. The van der Waals surface area contributed by atoms with E-state index in [2.05, 4.69) is 57.8 Å². The lowest BCUT2D eigenvalue weighted by Crippen LogP contribution is -2.35. The Labute approximate surface area is 257 Å². The Kier molecular flexibility index (Phi) is 7.16. The molecule has 2 N–H and O–H groups in total. The number of hydrogen-bond acceptors (Lipinski definition) is 7. The van der Waals surface area contributed by atoms with Gasteiger partial charge in [-0.15, -0.1) is 5.10 Å². The molecular formula is C32H30ClF3N8. The number of alkyl halides is 3. The summed E-state index contributed by atoms with van der Waals surface area (Å²) >= 11 is 6.76. The molecule has 226 valence electrons. The van der Waals surface area contributed by atoms with Gasteiger partial charge in [0.15, 0.2) is 5.54 Å². The van der Waals surface area contributed by atoms with Crippen molar-refractivity contribution in [1.82, 2.24) is 25.0 Å². The van der Waals surface area contributed by atoms with Gasteiger partial charge < -0.3 is 10.6 Å². The van der Waals surface area contributed by atoms with Gasteiger partial charge in [-0.1, -0.05) is 49.7 Å². The van der Waals surface area contributed by atoms with Crippen LogP contribution in [0.4, 0.5) is 24.5 Å². The highest BCUT2D eigenvalue weighted by molar-refractivity contribution is 6.35. The number of fused-ring (bicyclic) bond motifs is 2. The summed E-state index contributed by atoms with van der Waals surface area (Å²) in [6.07, 6.45) is 0.0374. The van der Waals surface area contributed by atoms with Crippen molar-refractivity contribution < 1.29 is 13.2 Å². The summed E-state index contributed by atoms with van der Waals surface area (Å²) in [6, 6.07) is 12.6. The van der Waals surface area contributed by atoms with Crippen molar-refractivity contribution in [3.05, 3.63) is 82.4 Å². The van der Waals surface area contributed by atoms with E-state index in [1.165, 1.54) is 12.4 Å². The molecule has 0 aliphatic heterocycles. The van der Waals surface area contributed by atoms with Crippen molar-refractivity contribution in [3.8, 4) is 6.07 Å². The maximum absolute atomic E-state index is 14.0. The molecule has 12 heteroatoms. The molecule has 8 nitrogen and oxygen atoms in total. The largest absolute Gasteiger partial charge is 0.413 e. The highest BCUT2D eigenvalue weighted by Gasteiger charge is 2.66. The first-order valence-corrected chi connectivity index (χ1v) is 14.6. The Morgan fingerprint density at radius 3 is 2.59 bits per heavy atom. The molecule has 0 bridgehead atoms. The van der Waals surface area contributed by atoms with E-state index in [0.717, 1.165) is 26.7 Å². The van der Waals surface area contributed by atoms with E-state index in [-0.39, 0.29) is 18.3 Å². The first-order chi connectivity index (χ1) is 20.8. The average molecular weight is 619 g/mol. The van der Waals surface area contributed by atoms with E-state index in [9.17, 15) is 18.4 Å². The molecule has 3 heterocycles. The summed E-state index contributed by atoms with van der Waals surface area (Å²) in [5, 5.41) is 26.8. The second-order valence-corrected chi connectivity index (χ2v) is 12.9. The van der Waals surface area contributed by atoms with Gasteiger partial charge in [-0.05, 0) is 60.6 Å². The smallest absolute Gasteiger partial charge is 0.383 e. The van der Waals surface area contributed by atoms with Gasteiger partial charge in [-0.3, -0.25) is 9.97 Å². The fourth-order valence-electron chi connectivity index (χ4n) is 5.48. The molecule has 1 aliphatic carbocycles. The van der Waals surface area contributed by atoms with Crippen LogP contribution in [0.25, 0.3) is 21.8 Å². The van der Waals surface area contributed by atoms with Crippen molar-refractivity contribution in [2.45, 2.75) is 58.3 Å². The van der Waals surface area contributed by atoms with Crippen LogP contribution in [-0.4, -0.2) is 37.7 Å². The number of nitrogens with zero attached hydrogens (tertiary/aromatic N) is 6. The number of halogens is 4. The van der Waals surface area contributed by atoms with Crippen molar-refractivity contribution in [2.75, 3.05) is 17.2 Å². The fraction of sp³-hybridized carbons (Fsp3) is 0.344. The highest BCUT2D eigenvalue weighted by atomic mass is 35.5. The van der Waals surface area contributed by atoms with Crippen LogP contribution >= 0.6 is 11.6 Å². The van der Waals surface area contributed by atoms with Gasteiger partial charge in [-0.2, -0.15) is 18.4 Å². The van der Waals surface area contributed by atoms with Gasteiger partial charge >= 0.3 is 6.18 Å². The van der Waals surface area contributed by atoms with E-state index in [0.29, 0.717) is 45.1 Å². The molecule has 0 spiro atoms. The van der Waals surface area contributed by atoms with Gasteiger partial charge in [0.05, 0.1) is 39.5 Å². The molecule has 1 unspecified atom stereocenters. The summed E-state index contributed by atoms with van der Waals surface area (Å²) in [5.41, 5.74) is 2.70. The third-order valence-electron chi connectivity index (χ3n) is 7.97. The summed E-state index contributed by atoms with van der Waals surface area (Å²) in [4.78, 5) is 8.96. The highest BCUT2D eigenvalue weighted by Crippen LogP contribution is 2.55. The molecule has 3 aromatic heterocycles. The first-order valence-electron chi connectivity index (χ1n) is 14.2. The zero-order chi connectivity index (χ0) is 31.4. The van der Waals surface area contributed by atoms with Gasteiger partial charge in [0.2, 0.25) is 0 Å². The minimum atomic E-state index is -4.45. The van der Waals surface area contributed by atoms with E-state index in [1.54, 1.807) is 12.3 Å². The molecule has 1 atom stereocenters. The summed E-state index contributed by atoms with van der Waals surface area (Å²) in [6.45, 7) is 8.79. The van der Waals surface area contributed by atoms with E-state index in [4.69, 9.17) is 11.6 Å². The zero-order valence-corrected chi connectivity index (χ0v) is 25.3. The lowest BCUT2D eigenvalue weighted by Gasteiger charge is -2.23. The maximum Gasteiger partial charge on any atom is 0.413 e. The maximum atomic E-state index is 14.0. The van der Waals surface area contributed by atoms with Gasteiger partial charge in [0.1, 0.15) is 11.8 Å². The first kappa shape index (κ1) is 29.6. The third kappa shape index (κ3) is 5.28. The molecule has 1 fully saturated rings. The Hall–Kier alpha value is -4.43. The topological polar surface area (TPSA) is 104 Å². The Balaban J connectivity index is 1.51. The molecule has 2 aromatic carbocycles. The molecule has 0 saturated heterocycles. The number of pyridine rings is 2.